The number of rotatable bonds is 5. The van der Waals surface area contributed by atoms with Gasteiger partial charge in [-0.2, -0.15) is 20.4 Å². The van der Waals surface area contributed by atoms with Gasteiger partial charge in [0, 0.05) is 87.5 Å². The van der Waals surface area contributed by atoms with E-state index in [1.165, 1.54) is 0 Å². The van der Waals surface area contributed by atoms with E-state index in [1.54, 1.807) is 67.9 Å². The summed E-state index contributed by atoms with van der Waals surface area (Å²) in [5.74, 6) is -2.27. The van der Waals surface area contributed by atoms with Crippen LogP contribution in [0.15, 0.2) is 110 Å². The van der Waals surface area contributed by atoms with E-state index in [-0.39, 0.29) is 25.7 Å². The third-order valence-corrected chi connectivity index (χ3v) is 5.03. The predicted octanol–water partition coefficient (Wildman–Crippen LogP) is 3.51. The minimum absolute atomic E-state index is 0. The van der Waals surface area contributed by atoms with Crippen molar-refractivity contribution in [3.05, 3.63) is 128 Å². The number of aromatic nitrogens is 9. The van der Waals surface area contributed by atoms with E-state index in [2.05, 4.69) is 31.4 Å². The van der Waals surface area contributed by atoms with Gasteiger partial charge < -0.3 is 4.98 Å². The molecule has 36 heavy (non-hydrogen) atoms. The van der Waals surface area contributed by atoms with E-state index in [9.17, 15) is 8.78 Å². The molecule has 0 aliphatic rings. The molecule has 0 amide bonds. The van der Waals surface area contributed by atoms with Gasteiger partial charge in [0.15, 0.2) is 0 Å². The number of pyridine rings is 1. The predicted molar refractivity (Wildman–Crippen MR) is 122 cm³/mol. The largest absolute Gasteiger partial charge is 0.354 e. The van der Waals surface area contributed by atoms with Crippen LogP contribution in [0.4, 0.5) is 8.78 Å². The van der Waals surface area contributed by atoms with E-state index >= 15 is 0 Å². The van der Waals surface area contributed by atoms with Crippen LogP contribution in [-0.4, -0.2) is 44.1 Å². The van der Waals surface area contributed by atoms with E-state index < -0.39 is 17.5 Å². The Morgan fingerprint density at radius 1 is 0.667 bits per heavy atom. The van der Waals surface area contributed by atoms with E-state index in [0.29, 0.717) is 5.69 Å². The number of hydrogen-bond acceptors (Lipinski definition) is 5. The molecule has 0 aliphatic carbocycles. The molecule has 0 aliphatic heterocycles. The minimum Gasteiger partial charge on any atom is -0.305 e. The van der Waals surface area contributed by atoms with E-state index in [4.69, 9.17) is 0 Å². The Morgan fingerprint density at radius 2 is 1.17 bits per heavy atom. The maximum Gasteiger partial charge on any atom is 0.354 e. The van der Waals surface area contributed by atoms with Crippen LogP contribution in [0.2, 0.25) is 0 Å². The third-order valence-electron chi connectivity index (χ3n) is 5.03. The summed E-state index contributed by atoms with van der Waals surface area (Å²) in [6, 6.07) is 16.9. The molecule has 1 aromatic carbocycles. The molecular weight excluding hydrogens is 645 g/mol. The van der Waals surface area contributed by atoms with Crippen molar-refractivity contribution in [1.29, 1.82) is 0 Å². The molecule has 0 saturated carbocycles. The molecule has 0 bridgehead atoms. The number of halogens is 2. The Morgan fingerprint density at radius 3 is 1.53 bits per heavy atom. The maximum atomic E-state index is 13.2. The van der Waals surface area contributed by atoms with Gasteiger partial charge >= 0.3 is 5.91 Å². The molecule has 9 nitrogen and oxygen atoms in total. The number of hydrogen-bond donors (Lipinski definition) is 0. The monoisotopic (exact) mass is 663 g/mol. The van der Waals surface area contributed by atoms with Crippen molar-refractivity contribution in [2.75, 3.05) is 0 Å². The maximum absolute atomic E-state index is 13.2. The average Bonchev–Trinajstić information content (AvgIpc) is 3.71. The van der Waals surface area contributed by atoms with Crippen molar-refractivity contribution in [2.45, 2.75) is 5.91 Å². The van der Waals surface area contributed by atoms with Crippen molar-refractivity contribution < 1.29 is 28.9 Å². The van der Waals surface area contributed by atoms with Crippen LogP contribution in [0.3, 0.4) is 0 Å². The average molecular weight is 663 g/mol. The van der Waals surface area contributed by atoms with Gasteiger partial charge in [-0.25, -0.2) is 18.7 Å². The van der Waals surface area contributed by atoms with Gasteiger partial charge in [-0.3, -0.25) is 8.78 Å². The van der Waals surface area contributed by atoms with Crippen molar-refractivity contribution in [3.63, 3.8) is 0 Å². The summed E-state index contributed by atoms with van der Waals surface area (Å²) < 4.78 is 32.8. The van der Waals surface area contributed by atoms with Crippen molar-refractivity contribution in [2.24, 2.45) is 0 Å². The minimum atomic E-state index is -0.986. The fourth-order valence-corrected chi connectivity index (χ4v) is 3.57. The molecule has 0 unspecified atom stereocenters. The Kier molecular flexibility index (Phi) is 7.57. The summed E-state index contributed by atoms with van der Waals surface area (Å²) in [7, 11) is 0. The second-order valence-corrected chi connectivity index (χ2v) is 7.16. The quantitative estimate of drug-likeness (QED) is 0.264. The van der Waals surface area contributed by atoms with Crippen LogP contribution >= 0.6 is 0 Å². The third kappa shape index (κ3) is 4.64. The molecule has 0 N–H and O–H groups in total. The summed E-state index contributed by atoms with van der Waals surface area (Å²) in [6.45, 7) is 0. The van der Waals surface area contributed by atoms with Crippen LogP contribution in [0.25, 0.3) is 11.3 Å². The summed E-state index contributed by atoms with van der Waals surface area (Å²) in [6.07, 6.45) is 15.8. The van der Waals surface area contributed by atoms with Crippen LogP contribution in [-0.2, 0) is 26.0 Å². The van der Waals surface area contributed by atoms with Gasteiger partial charge in [-0.05, 0) is 36.0 Å². The Labute approximate surface area is 218 Å². The zero-order valence-electron chi connectivity index (χ0n) is 18.5. The van der Waals surface area contributed by atoms with Gasteiger partial charge in [0.1, 0.15) is 0 Å². The van der Waals surface area contributed by atoms with Crippen molar-refractivity contribution >= 4 is 0 Å². The van der Waals surface area contributed by atoms with Gasteiger partial charge in [0.25, 0.3) is 0 Å². The first-order valence-electron chi connectivity index (χ1n) is 10.5. The van der Waals surface area contributed by atoms with Gasteiger partial charge in [0.2, 0.25) is 0 Å². The molecule has 5 heterocycles. The molecular formula is C24H18F2IrN9-. The van der Waals surface area contributed by atoms with Crippen LogP contribution in [0, 0.1) is 17.7 Å². The molecule has 0 fully saturated rings. The Hall–Kier alpha value is -4.28. The SMILES string of the molecule is Fc1c[c-]c(-c2ccccn2)c(F)c1.[Ir].c1cnn(C(n2cccn2)(n2cccn2)n2cccn2)c1. The van der Waals surface area contributed by atoms with Crippen molar-refractivity contribution in [3.8, 4) is 11.3 Å². The zero-order chi connectivity index (χ0) is 24.1. The van der Waals surface area contributed by atoms with Gasteiger partial charge in [-0.15, -0.1) is 12.1 Å². The smallest absolute Gasteiger partial charge is 0.305 e. The molecule has 5 aromatic heterocycles. The zero-order valence-corrected chi connectivity index (χ0v) is 20.9. The summed E-state index contributed by atoms with van der Waals surface area (Å²) in [5.41, 5.74) is 0.636. The van der Waals surface area contributed by atoms with Crippen LogP contribution < -0.4 is 0 Å². The summed E-state index contributed by atoms with van der Waals surface area (Å²) in [5, 5.41) is 17.6. The molecule has 12 heteroatoms. The first-order chi connectivity index (χ1) is 17.2. The second kappa shape index (κ2) is 11.0. The van der Waals surface area contributed by atoms with Crippen molar-refractivity contribution in [1.82, 2.24) is 44.1 Å². The first-order valence-corrected chi connectivity index (χ1v) is 10.5. The molecule has 6 aromatic rings. The van der Waals surface area contributed by atoms with E-state index in [1.807, 2.05) is 49.1 Å². The molecule has 0 saturated heterocycles. The Balaban J connectivity index is 0.000000178. The topological polar surface area (TPSA) is 84.2 Å². The van der Waals surface area contributed by atoms with Gasteiger partial charge in [-0.1, -0.05) is 23.8 Å². The molecule has 183 valence electrons. The van der Waals surface area contributed by atoms with Crippen LogP contribution in [0.1, 0.15) is 0 Å². The summed E-state index contributed by atoms with van der Waals surface area (Å²) >= 11 is 0. The Bertz CT molecular complexity index is 1310. The standard InChI is InChI=1S/C13H12N8.C11H6F2N.Ir/c1-5-14-18(9-1)13(19-10-2-6-15-19,20-11-3-7-16-20)21-12-4-8-17-21;12-8-4-5-9(10(13)7-8)11-3-1-2-6-14-11;/h1-12H;1-4,6-7H;/q;-1;. The number of benzene rings is 1. The normalized spacial score (nSPS) is 10.8. The molecule has 1 radical (unpaired) electrons. The molecule has 6 rings (SSSR count). The summed E-state index contributed by atoms with van der Waals surface area (Å²) in [4.78, 5) is 3.95. The molecule has 0 spiro atoms. The fraction of sp³-hybridized carbons (Fsp3) is 0.0417. The second-order valence-electron chi connectivity index (χ2n) is 7.16. The van der Waals surface area contributed by atoms with Gasteiger partial charge in [0.05, 0.1) is 0 Å². The fourth-order valence-electron chi connectivity index (χ4n) is 3.57. The molecule has 0 atom stereocenters. The first kappa shape index (κ1) is 24.8. The van der Waals surface area contributed by atoms with Crippen LogP contribution in [0.5, 0.6) is 0 Å². The van der Waals surface area contributed by atoms with E-state index in [0.717, 1.165) is 12.1 Å². The number of nitrogens with zero attached hydrogens (tertiary/aromatic N) is 9.